The van der Waals surface area contributed by atoms with E-state index in [1.54, 1.807) is 0 Å². The highest BCUT2D eigenvalue weighted by Gasteiger charge is 2.14. The van der Waals surface area contributed by atoms with Crippen LogP contribution in [0.2, 0.25) is 0 Å². The van der Waals surface area contributed by atoms with E-state index in [0.717, 1.165) is 21.7 Å². The summed E-state index contributed by atoms with van der Waals surface area (Å²) >= 11 is 3.42. The van der Waals surface area contributed by atoms with Gasteiger partial charge in [-0.25, -0.2) is 4.68 Å². The smallest absolute Gasteiger partial charge is 0.152 e. The number of halogens is 1. The summed E-state index contributed by atoms with van der Waals surface area (Å²) in [6, 6.07) is 8.23. The molecule has 0 spiro atoms. The van der Waals surface area contributed by atoms with Crippen molar-refractivity contribution in [3.05, 3.63) is 34.4 Å². The van der Waals surface area contributed by atoms with E-state index in [0.29, 0.717) is 5.69 Å². The largest absolute Gasteiger partial charge is 0.394 e. The Morgan fingerprint density at radius 2 is 1.89 bits per heavy atom. The van der Waals surface area contributed by atoms with Crippen molar-refractivity contribution in [2.75, 3.05) is 11.1 Å². The maximum Gasteiger partial charge on any atom is 0.152 e. The lowest BCUT2D eigenvalue weighted by Crippen LogP contribution is -2.08. The van der Waals surface area contributed by atoms with Crippen molar-refractivity contribution in [3.63, 3.8) is 0 Å². The Labute approximate surface area is 115 Å². The molecule has 2 aromatic rings. The Bertz CT molecular complexity index is 543. The van der Waals surface area contributed by atoms with Crippen LogP contribution in [0.15, 0.2) is 28.7 Å². The zero-order valence-electron chi connectivity index (χ0n) is 10.7. The van der Waals surface area contributed by atoms with E-state index >= 15 is 0 Å². The first-order valence-corrected chi connectivity index (χ1v) is 6.65. The van der Waals surface area contributed by atoms with E-state index in [4.69, 9.17) is 5.73 Å². The second-order valence-corrected chi connectivity index (χ2v) is 5.43. The first-order chi connectivity index (χ1) is 8.49. The molecule has 0 aliphatic carbocycles. The molecule has 0 radical (unpaired) electrons. The fourth-order valence-electron chi connectivity index (χ4n) is 1.73. The van der Waals surface area contributed by atoms with E-state index in [2.05, 4.69) is 40.2 Å². The van der Waals surface area contributed by atoms with E-state index in [1.165, 1.54) is 0 Å². The van der Waals surface area contributed by atoms with Gasteiger partial charge in [0.05, 0.1) is 11.4 Å². The molecule has 0 aliphatic rings. The van der Waals surface area contributed by atoms with Crippen LogP contribution in [0.4, 0.5) is 17.2 Å². The van der Waals surface area contributed by atoms with Gasteiger partial charge in [0, 0.05) is 16.2 Å². The number of rotatable bonds is 3. The molecule has 0 atom stereocenters. The second kappa shape index (κ2) is 5.02. The van der Waals surface area contributed by atoms with Gasteiger partial charge in [-0.15, -0.1) is 0 Å². The van der Waals surface area contributed by atoms with Crippen molar-refractivity contribution in [1.29, 1.82) is 0 Å². The average molecular weight is 309 g/mol. The molecule has 3 N–H and O–H groups in total. The zero-order valence-corrected chi connectivity index (χ0v) is 12.3. The minimum Gasteiger partial charge on any atom is -0.394 e. The number of nitrogens with one attached hydrogen (secondary N) is 1. The lowest BCUT2D eigenvalue weighted by Gasteiger charge is -2.13. The van der Waals surface area contributed by atoms with Gasteiger partial charge in [0.25, 0.3) is 0 Å². The van der Waals surface area contributed by atoms with Gasteiger partial charge in [-0.1, -0.05) is 15.9 Å². The quantitative estimate of drug-likeness (QED) is 0.905. The van der Waals surface area contributed by atoms with Gasteiger partial charge in [-0.2, -0.15) is 5.10 Å². The molecule has 0 amide bonds. The van der Waals surface area contributed by atoms with Crippen LogP contribution in [0, 0.1) is 6.92 Å². The zero-order chi connectivity index (χ0) is 13.3. The summed E-state index contributed by atoms with van der Waals surface area (Å²) in [5.41, 5.74) is 8.61. The summed E-state index contributed by atoms with van der Waals surface area (Å²) < 4.78 is 2.96. The van der Waals surface area contributed by atoms with Crippen molar-refractivity contribution < 1.29 is 0 Å². The Morgan fingerprint density at radius 3 is 2.44 bits per heavy atom. The molecule has 0 saturated carbocycles. The van der Waals surface area contributed by atoms with Crippen molar-refractivity contribution >= 4 is 33.1 Å². The summed E-state index contributed by atoms with van der Waals surface area (Å²) in [6.07, 6.45) is 0. The minimum atomic E-state index is 0.263. The highest BCUT2D eigenvalue weighted by Crippen LogP contribution is 2.29. The summed E-state index contributed by atoms with van der Waals surface area (Å²) in [7, 11) is 0. The van der Waals surface area contributed by atoms with Crippen LogP contribution in [0.5, 0.6) is 0 Å². The van der Waals surface area contributed by atoms with Crippen LogP contribution in [0.25, 0.3) is 0 Å². The number of anilines is 3. The molecule has 1 heterocycles. The molecule has 18 heavy (non-hydrogen) atoms. The van der Waals surface area contributed by atoms with Gasteiger partial charge in [-0.3, -0.25) is 0 Å². The molecular formula is C13H17BrN4. The lowest BCUT2D eigenvalue weighted by molar-refractivity contribution is 0.536. The monoisotopic (exact) mass is 308 g/mol. The molecule has 0 fully saturated rings. The standard InChI is InChI=1S/C13H17BrN4/c1-8(2)18-13(12(15)9(3)17-18)16-11-6-4-10(14)5-7-11/h4-8,16H,15H2,1-3H3. The van der Waals surface area contributed by atoms with Gasteiger partial charge < -0.3 is 11.1 Å². The molecule has 0 aliphatic heterocycles. The molecule has 5 heteroatoms. The Morgan fingerprint density at radius 1 is 1.28 bits per heavy atom. The van der Waals surface area contributed by atoms with Gasteiger partial charge in [0.2, 0.25) is 0 Å². The number of nitrogens with two attached hydrogens (primary N) is 1. The predicted molar refractivity (Wildman–Crippen MR) is 79.2 cm³/mol. The lowest BCUT2D eigenvalue weighted by atomic mass is 10.3. The average Bonchev–Trinajstić information content (AvgIpc) is 2.60. The fraction of sp³-hybridized carbons (Fsp3) is 0.308. The highest BCUT2D eigenvalue weighted by molar-refractivity contribution is 9.10. The molecule has 0 unspecified atom stereocenters. The third kappa shape index (κ3) is 2.51. The number of nitrogens with zero attached hydrogens (tertiary/aromatic N) is 2. The normalized spacial score (nSPS) is 10.9. The molecule has 96 valence electrons. The summed E-state index contributed by atoms with van der Waals surface area (Å²) in [5, 5.41) is 7.77. The first-order valence-electron chi connectivity index (χ1n) is 5.86. The van der Waals surface area contributed by atoms with Gasteiger partial charge >= 0.3 is 0 Å². The highest BCUT2D eigenvalue weighted by atomic mass is 79.9. The number of aromatic nitrogens is 2. The number of nitrogen functional groups attached to an aromatic ring is 1. The van der Waals surface area contributed by atoms with Gasteiger partial charge in [0.15, 0.2) is 5.82 Å². The maximum absolute atomic E-state index is 6.06. The number of hydrogen-bond acceptors (Lipinski definition) is 3. The van der Waals surface area contributed by atoms with Crippen molar-refractivity contribution in [1.82, 2.24) is 9.78 Å². The molecular weight excluding hydrogens is 292 g/mol. The van der Waals surface area contributed by atoms with Crippen LogP contribution in [-0.4, -0.2) is 9.78 Å². The molecule has 1 aromatic heterocycles. The number of benzene rings is 1. The Balaban J connectivity index is 2.36. The van der Waals surface area contributed by atoms with Crippen molar-refractivity contribution in [3.8, 4) is 0 Å². The minimum absolute atomic E-state index is 0.263. The van der Waals surface area contributed by atoms with E-state index < -0.39 is 0 Å². The molecule has 2 rings (SSSR count). The fourth-order valence-corrected chi connectivity index (χ4v) is 1.99. The van der Waals surface area contributed by atoms with Crippen LogP contribution in [-0.2, 0) is 0 Å². The first kappa shape index (κ1) is 13.0. The third-order valence-corrected chi connectivity index (χ3v) is 3.26. The summed E-state index contributed by atoms with van der Waals surface area (Å²) in [4.78, 5) is 0. The van der Waals surface area contributed by atoms with Gasteiger partial charge in [-0.05, 0) is 45.0 Å². The van der Waals surface area contributed by atoms with Crippen LogP contribution in [0.3, 0.4) is 0 Å². The van der Waals surface area contributed by atoms with E-state index in [-0.39, 0.29) is 6.04 Å². The third-order valence-electron chi connectivity index (χ3n) is 2.73. The Kier molecular flexibility index (Phi) is 3.61. The molecule has 0 saturated heterocycles. The molecule has 4 nitrogen and oxygen atoms in total. The molecule has 0 bridgehead atoms. The Hall–Kier alpha value is -1.49. The summed E-state index contributed by atoms with van der Waals surface area (Å²) in [5.74, 6) is 0.852. The van der Waals surface area contributed by atoms with Crippen LogP contribution < -0.4 is 11.1 Å². The summed E-state index contributed by atoms with van der Waals surface area (Å²) in [6.45, 7) is 6.08. The van der Waals surface area contributed by atoms with Crippen LogP contribution in [0.1, 0.15) is 25.6 Å². The SMILES string of the molecule is Cc1nn(C(C)C)c(Nc2ccc(Br)cc2)c1N. The van der Waals surface area contributed by atoms with Crippen molar-refractivity contribution in [2.45, 2.75) is 26.8 Å². The molecule has 1 aromatic carbocycles. The van der Waals surface area contributed by atoms with E-state index in [9.17, 15) is 0 Å². The van der Waals surface area contributed by atoms with Gasteiger partial charge in [0.1, 0.15) is 0 Å². The second-order valence-electron chi connectivity index (χ2n) is 4.52. The van der Waals surface area contributed by atoms with Crippen LogP contribution >= 0.6 is 15.9 Å². The number of aryl methyl sites for hydroxylation is 1. The maximum atomic E-state index is 6.06. The van der Waals surface area contributed by atoms with Crippen molar-refractivity contribution in [2.24, 2.45) is 0 Å². The number of hydrogen-bond donors (Lipinski definition) is 2. The topological polar surface area (TPSA) is 55.9 Å². The predicted octanol–water partition coefficient (Wildman–Crippen LogP) is 3.86. The van der Waals surface area contributed by atoms with E-state index in [1.807, 2.05) is 35.9 Å².